The fraction of sp³-hybridized carbons (Fsp3) is 0.400. The maximum absolute atomic E-state index is 12.0. The molecule has 0 aliphatic rings. The van der Waals surface area contributed by atoms with E-state index >= 15 is 0 Å². The molecule has 1 atom stereocenters. The van der Waals surface area contributed by atoms with Crippen LogP contribution in [0.1, 0.15) is 11.1 Å². The van der Waals surface area contributed by atoms with Gasteiger partial charge in [0, 0.05) is 13.3 Å². The molecule has 3 heteroatoms. The van der Waals surface area contributed by atoms with Gasteiger partial charge in [0.2, 0.25) is 0 Å². The first-order chi connectivity index (χ1) is 5.97. The molecule has 2 nitrogen and oxygen atoms in total. The fourth-order valence-electron chi connectivity index (χ4n) is 1.21. The van der Waals surface area contributed by atoms with E-state index in [-0.39, 0.29) is 0 Å². The zero-order chi connectivity index (χ0) is 10.1. The molecule has 0 fully saturated rings. The lowest BCUT2D eigenvalue weighted by molar-refractivity contribution is 0.679. The van der Waals surface area contributed by atoms with Crippen LogP contribution in [-0.2, 0) is 9.73 Å². The highest BCUT2D eigenvalue weighted by Gasteiger charge is 2.07. The number of hydrogen-bond acceptors (Lipinski definition) is 2. The Morgan fingerprint density at radius 3 is 2.46 bits per heavy atom. The van der Waals surface area contributed by atoms with Crippen LogP contribution < -0.4 is 0 Å². The molecular formula is C10H15NOS. The van der Waals surface area contributed by atoms with Gasteiger partial charge < -0.3 is 0 Å². The van der Waals surface area contributed by atoms with E-state index in [1.807, 2.05) is 32.0 Å². The quantitative estimate of drug-likeness (QED) is 0.679. The second kappa shape index (κ2) is 3.50. The average molecular weight is 197 g/mol. The molecule has 0 saturated heterocycles. The van der Waals surface area contributed by atoms with Gasteiger partial charge >= 0.3 is 0 Å². The molecule has 0 saturated carbocycles. The topological polar surface area (TPSA) is 29.4 Å². The van der Waals surface area contributed by atoms with E-state index in [0.717, 1.165) is 16.0 Å². The zero-order valence-electron chi connectivity index (χ0n) is 8.50. The molecular weight excluding hydrogens is 182 g/mol. The van der Waals surface area contributed by atoms with E-state index < -0.39 is 9.73 Å². The molecule has 0 heterocycles. The minimum atomic E-state index is -2.18. The molecule has 0 spiro atoms. The first-order valence-corrected chi connectivity index (χ1v) is 6.07. The Hall–Kier alpha value is -0.830. The van der Waals surface area contributed by atoms with Crippen molar-refractivity contribution >= 4 is 9.73 Å². The largest absolute Gasteiger partial charge is 0.245 e. The molecule has 0 aromatic heterocycles. The van der Waals surface area contributed by atoms with Crippen LogP contribution >= 0.6 is 0 Å². The van der Waals surface area contributed by atoms with E-state index in [1.54, 1.807) is 13.3 Å². The third-order valence-electron chi connectivity index (χ3n) is 2.10. The molecule has 0 aliphatic carbocycles. The van der Waals surface area contributed by atoms with Crippen LogP contribution in [0.15, 0.2) is 27.5 Å². The summed E-state index contributed by atoms with van der Waals surface area (Å²) in [7, 11) is -0.575. The monoisotopic (exact) mass is 197 g/mol. The maximum Gasteiger partial charge on any atom is 0.0723 e. The maximum atomic E-state index is 12.0. The van der Waals surface area contributed by atoms with Crippen molar-refractivity contribution in [2.45, 2.75) is 18.7 Å². The molecule has 72 valence electrons. The standard InChI is InChI=1S/C10H15NOS/c1-8-5-6-9(2)10(7-8)13(4,12)11-3/h5-7H,1-4H3/t13-/m1/s1. The number of rotatable bonds is 1. The second-order valence-corrected chi connectivity index (χ2v) is 5.66. The van der Waals surface area contributed by atoms with Crippen molar-refractivity contribution in [3.8, 4) is 0 Å². The Labute approximate surface area is 80.2 Å². The summed E-state index contributed by atoms with van der Waals surface area (Å²) >= 11 is 0. The predicted molar refractivity (Wildman–Crippen MR) is 56.6 cm³/mol. The summed E-state index contributed by atoms with van der Waals surface area (Å²) in [6.45, 7) is 3.96. The molecule has 1 aromatic carbocycles. The van der Waals surface area contributed by atoms with Gasteiger partial charge in [-0.25, -0.2) is 8.57 Å². The van der Waals surface area contributed by atoms with Crippen LogP contribution in [0, 0.1) is 13.8 Å². The van der Waals surface area contributed by atoms with Crippen LogP contribution in [0.25, 0.3) is 0 Å². The Morgan fingerprint density at radius 2 is 1.92 bits per heavy atom. The van der Waals surface area contributed by atoms with Crippen molar-refractivity contribution in [3.05, 3.63) is 29.3 Å². The molecule has 0 radical (unpaired) electrons. The summed E-state index contributed by atoms with van der Waals surface area (Å²) in [5.41, 5.74) is 2.17. The zero-order valence-corrected chi connectivity index (χ0v) is 9.31. The van der Waals surface area contributed by atoms with Gasteiger partial charge in [-0.2, -0.15) is 0 Å². The van der Waals surface area contributed by atoms with E-state index in [1.165, 1.54) is 0 Å². The van der Waals surface area contributed by atoms with Crippen LogP contribution in [0.4, 0.5) is 0 Å². The summed E-state index contributed by atoms with van der Waals surface area (Å²) in [6, 6.07) is 5.95. The number of benzene rings is 1. The Morgan fingerprint density at radius 1 is 1.31 bits per heavy atom. The van der Waals surface area contributed by atoms with Crippen molar-refractivity contribution in [3.63, 3.8) is 0 Å². The van der Waals surface area contributed by atoms with Gasteiger partial charge in [-0.15, -0.1) is 0 Å². The van der Waals surface area contributed by atoms with Crippen LogP contribution in [0.3, 0.4) is 0 Å². The van der Waals surface area contributed by atoms with Crippen molar-refractivity contribution in [1.29, 1.82) is 0 Å². The highest BCUT2D eigenvalue weighted by atomic mass is 32.2. The van der Waals surface area contributed by atoms with Gasteiger partial charge in [0.1, 0.15) is 0 Å². The van der Waals surface area contributed by atoms with Crippen LogP contribution in [0.2, 0.25) is 0 Å². The van der Waals surface area contributed by atoms with Crippen molar-refractivity contribution in [2.24, 2.45) is 4.36 Å². The van der Waals surface area contributed by atoms with Gasteiger partial charge in [-0.05, 0) is 31.0 Å². The first kappa shape index (κ1) is 10.3. The third kappa shape index (κ3) is 2.10. The average Bonchev–Trinajstić information content (AvgIpc) is 2.09. The Bertz CT molecular complexity index is 429. The molecule has 0 amide bonds. The summed E-state index contributed by atoms with van der Waals surface area (Å²) in [5, 5.41) is 0. The molecule has 1 aromatic rings. The fourth-order valence-corrected chi connectivity index (χ4v) is 2.48. The second-order valence-electron chi connectivity index (χ2n) is 3.25. The van der Waals surface area contributed by atoms with Crippen molar-refractivity contribution < 1.29 is 4.21 Å². The van der Waals surface area contributed by atoms with Gasteiger partial charge in [0.25, 0.3) is 0 Å². The molecule has 1 rings (SSSR count). The summed E-state index contributed by atoms with van der Waals surface area (Å²) in [4.78, 5) is 0.856. The molecule has 0 N–H and O–H groups in total. The minimum absolute atomic E-state index is 0.856. The van der Waals surface area contributed by atoms with Gasteiger partial charge in [-0.1, -0.05) is 12.1 Å². The van der Waals surface area contributed by atoms with Crippen molar-refractivity contribution in [1.82, 2.24) is 0 Å². The van der Waals surface area contributed by atoms with Gasteiger partial charge in [-0.3, -0.25) is 0 Å². The number of nitrogens with zero attached hydrogens (tertiary/aromatic N) is 1. The minimum Gasteiger partial charge on any atom is -0.245 e. The number of aryl methyl sites for hydroxylation is 2. The highest BCUT2D eigenvalue weighted by Crippen LogP contribution is 2.17. The van der Waals surface area contributed by atoms with E-state index in [4.69, 9.17) is 0 Å². The van der Waals surface area contributed by atoms with Crippen LogP contribution in [0.5, 0.6) is 0 Å². The highest BCUT2D eigenvalue weighted by molar-refractivity contribution is 7.93. The summed E-state index contributed by atoms with van der Waals surface area (Å²) in [5.74, 6) is 0. The lowest BCUT2D eigenvalue weighted by Gasteiger charge is -2.07. The van der Waals surface area contributed by atoms with Gasteiger partial charge in [0.15, 0.2) is 0 Å². The smallest absolute Gasteiger partial charge is 0.0723 e. The van der Waals surface area contributed by atoms with E-state index in [9.17, 15) is 4.21 Å². The third-order valence-corrected chi connectivity index (χ3v) is 4.05. The molecule has 0 unspecified atom stereocenters. The summed E-state index contributed by atoms with van der Waals surface area (Å²) in [6.07, 6.45) is 1.68. The molecule has 13 heavy (non-hydrogen) atoms. The lowest BCUT2D eigenvalue weighted by Crippen LogP contribution is -2.00. The van der Waals surface area contributed by atoms with E-state index in [2.05, 4.69) is 4.36 Å². The summed E-state index contributed by atoms with van der Waals surface area (Å²) < 4.78 is 15.9. The molecule has 0 aliphatic heterocycles. The predicted octanol–water partition coefficient (Wildman–Crippen LogP) is 2.39. The van der Waals surface area contributed by atoms with E-state index in [0.29, 0.717) is 0 Å². The lowest BCUT2D eigenvalue weighted by atomic mass is 10.2. The SMILES string of the molecule is CN=[S@](C)(=O)c1cc(C)ccc1C. The number of hydrogen-bond donors (Lipinski definition) is 0. The molecule has 0 bridgehead atoms. The normalized spacial score (nSPS) is 15.1. The van der Waals surface area contributed by atoms with Crippen molar-refractivity contribution in [2.75, 3.05) is 13.3 Å². The Kier molecular flexibility index (Phi) is 2.76. The Balaban J connectivity index is 3.47. The van der Waals surface area contributed by atoms with Crippen LogP contribution in [-0.4, -0.2) is 17.5 Å². The first-order valence-electron chi connectivity index (χ1n) is 4.15. The van der Waals surface area contributed by atoms with Gasteiger partial charge in [0.05, 0.1) is 14.6 Å².